The van der Waals surface area contributed by atoms with Crippen molar-refractivity contribution in [1.82, 2.24) is 4.90 Å². The minimum absolute atomic E-state index is 0.0600. The average molecular weight is 277 g/mol. The fourth-order valence-electron chi connectivity index (χ4n) is 2.73. The number of likely N-dealkylation sites (tertiary alicyclic amines) is 1. The number of hydrogen-bond acceptors (Lipinski definition) is 2. The summed E-state index contributed by atoms with van der Waals surface area (Å²) < 4.78 is 12.8. The fourth-order valence-corrected chi connectivity index (χ4v) is 2.73. The number of halogens is 1. The molecule has 1 aliphatic rings. The molecule has 0 bridgehead atoms. The Labute approximate surface area is 118 Å². The van der Waals surface area contributed by atoms with Crippen LogP contribution in [0.25, 0.3) is 0 Å². The van der Waals surface area contributed by atoms with Crippen LogP contribution in [0.5, 0.6) is 0 Å². The van der Waals surface area contributed by atoms with Crippen LogP contribution in [0.3, 0.4) is 0 Å². The van der Waals surface area contributed by atoms with Crippen molar-refractivity contribution in [3.8, 4) is 0 Å². The predicted molar refractivity (Wildman–Crippen MR) is 75.0 cm³/mol. The van der Waals surface area contributed by atoms with Gasteiger partial charge in [-0.2, -0.15) is 0 Å². The summed E-state index contributed by atoms with van der Waals surface area (Å²) in [6.07, 6.45) is 3.52. The van der Waals surface area contributed by atoms with Gasteiger partial charge in [0.2, 0.25) is 5.91 Å². The standard InChI is InChI=1S/C16H20FNO2/c1-2-14-4-3-11-18(14)16(20)10-9-15(19)12-5-7-13(17)8-6-12/h5-8,14H,2-4,9-11H2,1H3. The number of hydrogen-bond donors (Lipinski definition) is 0. The minimum atomic E-state index is -0.361. The van der Waals surface area contributed by atoms with E-state index in [1.807, 2.05) is 4.90 Å². The van der Waals surface area contributed by atoms with E-state index < -0.39 is 0 Å². The largest absolute Gasteiger partial charge is 0.340 e. The highest BCUT2D eigenvalue weighted by molar-refractivity contribution is 5.97. The molecule has 4 heteroatoms. The molecule has 1 aromatic carbocycles. The monoisotopic (exact) mass is 277 g/mol. The summed E-state index contributed by atoms with van der Waals surface area (Å²) in [5, 5.41) is 0. The van der Waals surface area contributed by atoms with Gasteiger partial charge in [-0.15, -0.1) is 0 Å². The second-order valence-corrected chi connectivity index (χ2v) is 5.22. The van der Waals surface area contributed by atoms with Gasteiger partial charge >= 0.3 is 0 Å². The van der Waals surface area contributed by atoms with Crippen LogP contribution in [0.15, 0.2) is 24.3 Å². The Morgan fingerprint density at radius 1 is 1.25 bits per heavy atom. The van der Waals surface area contributed by atoms with Gasteiger partial charge in [0, 0.05) is 31.0 Å². The molecule has 2 rings (SSSR count). The highest BCUT2D eigenvalue weighted by Crippen LogP contribution is 2.21. The first-order valence-corrected chi connectivity index (χ1v) is 7.20. The number of benzene rings is 1. The zero-order valence-corrected chi connectivity index (χ0v) is 11.8. The zero-order chi connectivity index (χ0) is 14.5. The summed E-state index contributed by atoms with van der Waals surface area (Å²) in [6.45, 7) is 2.89. The molecule has 0 radical (unpaired) electrons. The summed E-state index contributed by atoms with van der Waals surface area (Å²) >= 11 is 0. The lowest BCUT2D eigenvalue weighted by Crippen LogP contribution is -2.35. The van der Waals surface area contributed by atoms with Crippen LogP contribution >= 0.6 is 0 Å². The Morgan fingerprint density at radius 2 is 1.95 bits per heavy atom. The summed E-state index contributed by atoms with van der Waals surface area (Å²) in [4.78, 5) is 26.0. The van der Waals surface area contributed by atoms with Gasteiger partial charge in [0.1, 0.15) is 5.82 Å². The third-order valence-corrected chi connectivity index (χ3v) is 3.90. The van der Waals surface area contributed by atoms with E-state index in [4.69, 9.17) is 0 Å². The molecule has 0 spiro atoms. The van der Waals surface area contributed by atoms with Crippen LogP contribution in [0, 0.1) is 5.82 Å². The highest BCUT2D eigenvalue weighted by atomic mass is 19.1. The Kier molecular flexibility index (Phi) is 4.88. The van der Waals surface area contributed by atoms with Gasteiger partial charge in [-0.3, -0.25) is 9.59 Å². The quantitative estimate of drug-likeness (QED) is 0.775. The maximum Gasteiger partial charge on any atom is 0.223 e. The van der Waals surface area contributed by atoms with E-state index in [-0.39, 0.29) is 30.3 Å². The molecule has 3 nitrogen and oxygen atoms in total. The summed E-state index contributed by atoms with van der Waals surface area (Å²) in [7, 11) is 0. The van der Waals surface area contributed by atoms with Crippen LogP contribution < -0.4 is 0 Å². The van der Waals surface area contributed by atoms with E-state index in [0.29, 0.717) is 11.6 Å². The van der Waals surface area contributed by atoms with Gasteiger partial charge < -0.3 is 4.90 Å². The van der Waals surface area contributed by atoms with Gasteiger partial charge in [-0.05, 0) is 43.5 Å². The van der Waals surface area contributed by atoms with Crippen LogP contribution in [0.2, 0.25) is 0 Å². The number of Topliss-reactive ketones (excluding diaryl/α,β-unsaturated/α-hetero) is 1. The number of nitrogens with zero attached hydrogens (tertiary/aromatic N) is 1. The first-order chi connectivity index (χ1) is 9.61. The van der Waals surface area contributed by atoms with Crippen molar-refractivity contribution >= 4 is 11.7 Å². The SMILES string of the molecule is CCC1CCCN1C(=O)CCC(=O)c1ccc(F)cc1. The Hall–Kier alpha value is -1.71. The lowest BCUT2D eigenvalue weighted by molar-refractivity contribution is -0.132. The number of carbonyl (C=O) groups is 2. The molecule has 0 N–H and O–H groups in total. The van der Waals surface area contributed by atoms with Crippen molar-refractivity contribution in [2.24, 2.45) is 0 Å². The maximum absolute atomic E-state index is 12.8. The molecule has 0 saturated carbocycles. The minimum Gasteiger partial charge on any atom is -0.340 e. The molecule has 0 aliphatic carbocycles. The van der Waals surface area contributed by atoms with Crippen LogP contribution in [-0.2, 0) is 4.79 Å². The van der Waals surface area contributed by atoms with E-state index in [1.165, 1.54) is 24.3 Å². The predicted octanol–water partition coefficient (Wildman–Crippen LogP) is 3.19. The van der Waals surface area contributed by atoms with Crippen molar-refractivity contribution in [1.29, 1.82) is 0 Å². The van der Waals surface area contributed by atoms with Crippen molar-refractivity contribution in [2.75, 3.05) is 6.54 Å². The number of ketones is 1. The van der Waals surface area contributed by atoms with E-state index in [1.54, 1.807) is 0 Å². The molecule has 108 valence electrons. The van der Waals surface area contributed by atoms with Gasteiger partial charge in [0.15, 0.2) is 5.78 Å². The molecular formula is C16H20FNO2. The van der Waals surface area contributed by atoms with E-state index in [9.17, 15) is 14.0 Å². The zero-order valence-electron chi connectivity index (χ0n) is 11.8. The lowest BCUT2D eigenvalue weighted by Gasteiger charge is -2.23. The first kappa shape index (κ1) is 14.7. The average Bonchev–Trinajstić information content (AvgIpc) is 2.93. The second kappa shape index (κ2) is 6.64. The lowest BCUT2D eigenvalue weighted by atomic mass is 10.1. The third kappa shape index (κ3) is 3.44. The van der Waals surface area contributed by atoms with Gasteiger partial charge in [0.05, 0.1) is 0 Å². The van der Waals surface area contributed by atoms with E-state index in [2.05, 4.69) is 6.92 Å². The van der Waals surface area contributed by atoms with Gasteiger partial charge in [0.25, 0.3) is 0 Å². The Balaban J connectivity index is 1.87. The van der Waals surface area contributed by atoms with E-state index >= 15 is 0 Å². The van der Waals surface area contributed by atoms with Gasteiger partial charge in [-0.1, -0.05) is 6.92 Å². The fraction of sp³-hybridized carbons (Fsp3) is 0.500. The van der Waals surface area contributed by atoms with E-state index in [0.717, 1.165) is 25.8 Å². The molecule has 20 heavy (non-hydrogen) atoms. The maximum atomic E-state index is 12.8. The summed E-state index contributed by atoms with van der Waals surface area (Å²) in [5.41, 5.74) is 0.465. The third-order valence-electron chi connectivity index (χ3n) is 3.90. The topological polar surface area (TPSA) is 37.4 Å². The van der Waals surface area contributed by atoms with Crippen LogP contribution in [-0.4, -0.2) is 29.2 Å². The first-order valence-electron chi connectivity index (χ1n) is 7.20. The molecule has 1 heterocycles. The van der Waals surface area contributed by atoms with Crippen molar-refractivity contribution in [2.45, 2.75) is 45.1 Å². The second-order valence-electron chi connectivity index (χ2n) is 5.22. The van der Waals surface area contributed by atoms with Crippen LogP contribution in [0.4, 0.5) is 4.39 Å². The molecule has 1 unspecified atom stereocenters. The molecule has 1 amide bonds. The van der Waals surface area contributed by atoms with Crippen molar-refractivity contribution in [3.05, 3.63) is 35.6 Å². The molecule has 0 aromatic heterocycles. The molecule has 1 fully saturated rings. The molecule has 1 saturated heterocycles. The normalized spacial score (nSPS) is 18.3. The number of amides is 1. The smallest absolute Gasteiger partial charge is 0.223 e. The Morgan fingerprint density at radius 3 is 2.60 bits per heavy atom. The van der Waals surface area contributed by atoms with Crippen LogP contribution in [0.1, 0.15) is 49.4 Å². The highest BCUT2D eigenvalue weighted by Gasteiger charge is 2.27. The Bertz CT molecular complexity index is 484. The molecular weight excluding hydrogens is 257 g/mol. The van der Waals surface area contributed by atoms with Gasteiger partial charge in [-0.25, -0.2) is 4.39 Å². The molecule has 1 aliphatic heterocycles. The number of carbonyl (C=O) groups excluding carboxylic acids is 2. The summed E-state index contributed by atoms with van der Waals surface area (Å²) in [5.74, 6) is -0.407. The summed E-state index contributed by atoms with van der Waals surface area (Å²) in [6, 6.07) is 5.80. The van der Waals surface area contributed by atoms with Crippen molar-refractivity contribution < 1.29 is 14.0 Å². The number of rotatable bonds is 5. The van der Waals surface area contributed by atoms with Crippen molar-refractivity contribution in [3.63, 3.8) is 0 Å². The molecule has 1 aromatic rings. The molecule has 1 atom stereocenters.